The van der Waals surface area contributed by atoms with Crippen LogP contribution in [0.3, 0.4) is 0 Å². The number of ether oxygens (including phenoxy) is 1. The molecule has 1 fully saturated rings. The van der Waals surface area contributed by atoms with Crippen molar-refractivity contribution in [1.29, 1.82) is 0 Å². The number of nitrogens with one attached hydrogen (secondary N) is 2. The molecule has 7 heteroatoms. The molecule has 1 unspecified atom stereocenters. The summed E-state index contributed by atoms with van der Waals surface area (Å²) < 4.78 is 20.5. The number of carbonyl (C=O) groups excluding carboxylic acids is 1. The van der Waals surface area contributed by atoms with Gasteiger partial charge in [0.25, 0.3) is 0 Å². The number of methoxy groups -OCH3 is 1. The molecule has 196 valence electrons. The summed E-state index contributed by atoms with van der Waals surface area (Å²) in [6, 6.07) is 21.7. The first kappa shape index (κ1) is 24.8. The topological polar surface area (TPSA) is 77.6 Å². The summed E-state index contributed by atoms with van der Waals surface area (Å²) in [4.78, 5) is 20.1. The van der Waals surface area contributed by atoms with E-state index in [0.717, 1.165) is 42.4 Å². The number of hydrogen-bond donors (Lipinski definition) is 3. The van der Waals surface area contributed by atoms with Crippen LogP contribution in [0, 0.1) is 5.82 Å². The molecular weight excluding hydrogens is 481 g/mol. The van der Waals surface area contributed by atoms with Crippen molar-refractivity contribution in [3.8, 4) is 5.75 Å². The Morgan fingerprint density at radius 1 is 1.05 bits per heavy atom. The highest BCUT2D eigenvalue weighted by Crippen LogP contribution is 2.52. The van der Waals surface area contributed by atoms with Gasteiger partial charge in [0, 0.05) is 46.6 Å². The van der Waals surface area contributed by atoms with E-state index in [1.165, 1.54) is 6.07 Å². The lowest BCUT2D eigenvalue weighted by molar-refractivity contribution is -0.00902. The molecule has 0 bridgehead atoms. The van der Waals surface area contributed by atoms with Crippen molar-refractivity contribution in [1.82, 2.24) is 15.2 Å². The van der Waals surface area contributed by atoms with Crippen LogP contribution in [0.15, 0.2) is 72.8 Å². The molecule has 3 aromatic carbocycles. The first-order chi connectivity index (χ1) is 18.5. The molecule has 1 saturated heterocycles. The number of Topliss-reactive ketones (excluding diaryl/α,β-unsaturated/α-hetero) is 1. The van der Waals surface area contributed by atoms with Gasteiger partial charge in [0.05, 0.1) is 19.4 Å². The van der Waals surface area contributed by atoms with E-state index in [1.807, 2.05) is 41.3 Å². The van der Waals surface area contributed by atoms with Crippen LogP contribution in [-0.2, 0) is 17.5 Å². The number of nitrogens with zero attached hydrogens (tertiary/aromatic N) is 1. The van der Waals surface area contributed by atoms with Gasteiger partial charge in [-0.1, -0.05) is 48.5 Å². The number of aromatic nitrogens is 1. The second-order valence-corrected chi connectivity index (χ2v) is 10.5. The van der Waals surface area contributed by atoms with Crippen molar-refractivity contribution in [2.75, 3.05) is 33.4 Å². The standard InChI is InChI=1S/C31H32FN3O3/c1-38-23-11-12-24-26(17-23)34-28-27(24)30(13-15-33-16-14-30)19-35(18-22-9-5-6-10-25(22)32)31(28,20-36)29(37)21-7-3-2-4-8-21/h2-12,17,33-34,36H,13-16,18-20H2,1H3. The number of aliphatic hydroxyl groups is 1. The van der Waals surface area contributed by atoms with Crippen molar-refractivity contribution in [3.05, 3.63) is 101 Å². The van der Waals surface area contributed by atoms with Crippen LogP contribution in [0.2, 0.25) is 0 Å². The molecule has 6 rings (SSSR count). The van der Waals surface area contributed by atoms with Gasteiger partial charge in [0.2, 0.25) is 0 Å². The van der Waals surface area contributed by atoms with E-state index in [-0.39, 0.29) is 23.6 Å². The third-order valence-electron chi connectivity index (χ3n) is 8.50. The molecular formula is C31H32FN3O3. The summed E-state index contributed by atoms with van der Waals surface area (Å²) >= 11 is 0. The summed E-state index contributed by atoms with van der Waals surface area (Å²) in [6.45, 7) is 1.96. The SMILES string of the molecule is COc1ccc2c3c([nH]c2c1)C(CO)(C(=O)c1ccccc1)N(Cc1ccccc1F)CC31CCNCC1. The highest BCUT2D eigenvalue weighted by molar-refractivity contribution is 6.05. The first-order valence-electron chi connectivity index (χ1n) is 13.1. The fraction of sp³-hybridized carbons (Fsp3) is 0.323. The van der Waals surface area contributed by atoms with Crippen molar-refractivity contribution >= 4 is 16.7 Å². The van der Waals surface area contributed by atoms with Crippen LogP contribution in [0.5, 0.6) is 5.75 Å². The fourth-order valence-electron chi connectivity index (χ4n) is 6.57. The number of rotatable bonds is 6. The average molecular weight is 514 g/mol. The third-order valence-corrected chi connectivity index (χ3v) is 8.50. The predicted octanol–water partition coefficient (Wildman–Crippen LogP) is 4.52. The maximum absolute atomic E-state index is 15.0. The van der Waals surface area contributed by atoms with E-state index >= 15 is 0 Å². The van der Waals surface area contributed by atoms with Gasteiger partial charge < -0.3 is 20.1 Å². The minimum Gasteiger partial charge on any atom is -0.497 e. The molecule has 3 heterocycles. The molecule has 2 aliphatic heterocycles. The smallest absolute Gasteiger partial charge is 0.191 e. The van der Waals surface area contributed by atoms with Crippen LogP contribution in [0.4, 0.5) is 4.39 Å². The lowest BCUT2D eigenvalue weighted by Crippen LogP contribution is -2.63. The normalized spacial score (nSPS) is 20.9. The summed E-state index contributed by atoms with van der Waals surface area (Å²) in [7, 11) is 1.63. The van der Waals surface area contributed by atoms with Gasteiger partial charge in [-0.2, -0.15) is 0 Å². The lowest BCUT2D eigenvalue weighted by atomic mass is 9.64. The molecule has 0 radical (unpaired) electrons. The maximum atomic E-state index is 15.0. The number of piperidine rings is 1. The maximum Gasteiger partial charge on any atom is 0.191 e. The van der Waals surface area contributed by atoms with Gasteiger partial charge in [0.1, 0.15) is 17.1 Å². The van der Waals surface area contributed by atoms with Gasteiger partial charge in [-0.3, -0.25) is 9.69 Å². The Labute approximate surface area is 221 Å². The van der Waals surface area contributed by atoms with Crippen molar-refractivity contribution < 1.29 is 19.0 Å². The van der Waals surface area contributed by atoms with E-state index in [4.69, 9.17) is 4.74 Å². The molecule has 1 aromatic heterocycles. The number of benzene rings is 3. The molecule has 1 spiro atoms. The monoisotopic (exact) mass is 513 g/mol. The van der Waals surface area contributed by atoms with Gasteiger partial charge in [-0.05, 0) is 49.7 Å². The number of carbonyl (C=O) groups is 1. The van der Waals surface area contributed by atoms with E-state index in [9.17, 15) is 14.3 Å². The summed E-state index contributed by atoms with van der Waals surface area (Å²) in [6.07, 6.45) is 1.74. The van der Waals surface area contributed by atoms with E-state index < -0.39 is 12.1 Å². The molecule has 0 amide bonds. The van der Waals surface area contributed by atoms with Crippen molar-refractivity contribution in [3.63, 3.8) is 0 Å². The number of H-pyrrole nitrogens is 1. The Bertz CT molecular complexity index is 1480. The number of hydrogen-bond acceptors (Lipinski definition) is 5. The molecule has 0 aliphatic carbocycles. The molecule has 6 nitrogen and oxygen atoms in total. The minimum absolute atomic E-state index is 0.194. The number of aromatic amines is 1. The van der Waals surface area contributed by atoms with Crippen LogP contribution >= 0.6 is 0 Å². The second kappa shape index (κ2) is 9.66. The number of fused-ring (bicyclic) bond motifs is 4. The van der Waals surface area contributed by atoms with Crippen LogP contribution in [0.25, 0.3) is 10.9 Å². The predicted molar refractivity (Wildman–Crippen MR) is 145 cm³/mol. The third kappa shape index (κ3) is 3.76. The molecule has 2 aliphatic rings. The van der Waals surface area contributed by atoms with Gasteiger partial charge in [-0.15, -0.1) is 0 Å². The molecule has 1 atom stereocenters. The van der Waals surface area contributed by atoms with Gasteiger partial charge >= 0.3 is 0 Å². The highest BCUT2D eigenvalue weighted by Gasteiger charge is 2.57. The van der Waals surface area contributed by atoms with E-state index in [0.29, 0.717) is 29.1 Å². The Balaban J connectivity index is 1.64. The number of ketones is 1. The first-order valence-corrected chi connectivity index (χ1v) is 13.1. The molecule has 4 aromatic rings. The van der Waals surface area contributed by atoms with Crippen LogP contribution in [0.1, 0.15) is 40.0 Å². The second-order valence-electron chi connectivity index (χ2n) is 10.5. The molecule has 3 N–H and O–H groups in total. The van der Waals surface area contributed by atoms with E-state index in [1.54, 1.807) is 31.4 Å². The largest absolute Gasteiger partial charge is 0.497 e. The summed E-state index contributed by atoms with van der Waals surface area (Å²) in [5.74, 6) is 0.182. The zero-order chi connectivity index (χ0) is 26.3. The fourth-order valence-corrected chi connectivity index (χ4v) is 6.57. The number of halogens is 1. The van der Waals surface area contributed by atoms with E-state index in [2.05, 4.69) is 16.4 Å². The van der Waals surface area contributed by atoms with Gasteiger partial charge in [-0.25, -0.2) is 4.39 Å². The zero-order valence-electron chi connectivity index (χ0n) is 21.5. The van der Waals surface area contributed by atoms with Crippen LogP contribution < -0.4 is 10.1 Å². The van der Waals surface area contributed by atoms with Crippen LogP contribution in [-0.4, -0.2) is 54.1 Å². The Kier molecular flexibility index (Phi) is 6.30. The summed E-state index contributed by atoms with van der Waals surface area (Å²) in [5.41, 5.74) is 1.95. The molecule has 0 saturated carbocycles. The molecule has 38 heavy (non-hydrogen) atoms. The van der Waals surface area contributed by atoms with Crippen molar-refractivity contribution in [2.45, 2.75) is 30.3 Å². The Morgan fingerprint density at radius 3 is 2.50 bits per heavy atom. The number of aliphatic hydroxyl groups excluding tert-OH is 1. The Morgan fingerprint density at radius 2 is 1.79 bits per heavy atom. The average Bonchev–Trinajstić information content (AvgIpc) is 3.35. The zero-order valence-corrected chi connectivity index (χ0v) is 21.5. The lowest BCUT2D eigenvalue weighted by Gasteiger charge is -2.53. The minimum atomic E-state index is -1.42. The summed E-state index contributed by atoms with van der Waals surface area (Å²) in [5, 5.41) is 15.7. The quantitative estimate of drug-likeness (QED) is 0.331. The Hall–Kier alpha value is -3.52. The van der Waals surface area contributed by atoms with Crippen molar-refractivity contribution in [2.24, 2.45) is 0 Å². The van der Waals surface area contributed by atoms with Gasteiger partial charge in [0.15, 0.2) is 5.78 Å². The highest BCUT2D eigenvalue weighted by atomic mass is 19.1.